The van der Waals surface area contributed by atoms with Crippen LogP contribution in [0.15, 0.2) is 42.7 Å². The van der Waals surface area contributed by atoms with Gasteiger partial charge < -0.3 is 4.74 Å². The smallest absolute Gasteiger partial charge is 0.280 e. The van der Waals surface area contributed by atoms with Crippen LogP contribution in [-0.2, 0) is 12.8 Å². The molecular weight excluding hydrogens is 412 g/mol. The quantitative estimate of drug-likeness (QED) is 0.399. The van der Waals surface area contributed by atoms with Gasteiger partial charge in [0.25, 0.3) is 6.43 Å². The molecule has 3 aromatic heterocycles. The number of hydrogen-bond donors (Lipinski definition) is 0. The molecule has 31 heavy (non-hydrogen) atoms. The van der Waals surface area contributed by atoms with Gasteiger partial charge in [0.2, 0.25) is 0 Å². The van der Waals surface area contributed by atoms with Gasteiger partial charge >= 0.3 is 0 Å². The van der Waals surface area contributed by atoms with E-state index in [0.29, 0.717) is 23.3 Å². The summed E-state index contributed by atoms with van der Waals surface area (Å²) in [6.45, 7) is 1.65. The molecule has 160 valence electrons. The van der Waals surface area contributed by atoms with Crippen LogP contribution in [-0.4, -0.2) is 26.7 Å². The zero-order chi connectivity index (χ0) is 22.1. The molecule has 0 bridgehead atoms. The molecule has 9 heteroatoms. The number of hydrogen-bond acceptors (Lipinski definition) is 4. The van der Waals surface area contributed by atoms with Gasteiger partial charge in [0.1, 0.15) is 29.4 Å². The molecule has 0 aliphatic rings. The maximum absolute atomic E-state index is 14.3. The van der Waals surface area contributed by atoms with Gasteiger partial charge in [0.15, 0.2) is 5.65 Å². The summed E-state index contributed by atoms with van der Waals surface area (Å²) in [4.78, 5) is 3.98. The van der Waals surface area contributed by atoms with Crippen molar-refractivity contribution >= 4 is 5.65 Å². The van der Waals surface area contributed by atoms with Crippen molar-refractivity contribution in [2.45, 2.75) is 26.2 Å². The Hall–Kier alpha value is -3.49. The number of methoxy groups -OCH3 is 1. The second kappa shape index (κ2) is 8.33. The minimum absolute atomic E-state index is 0.126. The van der Waals surface area contributed by atoms with Gasteiger partial charge in [-0.05, 0) is 38.0 Å². The summed E-state index contributed by atoms with van der Waals surface area (Å²) in [5.74, 6) is -1.28. The standard InChI is InChI=1S/C22H18F4N4O/c1-12-3-6-15(20(28-12)21(25)26)16-7-4-14(30-11-27-29-22(16)30)5-8-17-18(24)9-13(23)10-19(17)31-2/h3-4,6-7,9-11,21H,5,8H2,1-2H3. The first-order chi connectivity index (χ1) is 14.9. The lowest BCUT2D eigenvalue weighted by Crippen LogP contribution is -2.04. The summed E-state index contributed by atoms with van der Waals surface area (Å²) in [5, 5.41) is 8.00. The van der Waals surface area contributed by atoms with Crippen LogP contribution in [0.2, 0.25) is 0 Å². The van der Waals surface area contributed by atoms with Crippen molar-refractivity contribution in [3.05, 3.63) is 77.0 Å². The van der Waals surface area contributed by atoms with Crippen molar-refractivity contribution in [3.63, 3.8) is 0 Å². The lowest BCUT2D eigenvalue weighted by Gasteiger charge is -2.13. The number of fused-ring (bicyclic) bond motifs is 1. The SMILES string of the molecule is COc1cc(F)cc(F)c1CCc1ccc(-c2ccc(C)nc2C(F)F)c2nncn12. The summed E-state index contributed by atoms with van der Waals surface area (Å²) >= 11 is 0. The zero-order valence-electron chi connectivity index (χ0n) is 16.7. The second-order valence-electron chi connectivity index (χ2n) is 7.02. The maximum atomic E-state index is 14.3. The van der Waals surface area contributed by atoms with Crippen LogP contribution in [0.1, 0.15) is 29.1 Å². The Morgan fingerprint density at radius 2 is 1.81 bits per heavy atom. The van der Waals surface area contributed by atoms with Crippen LogP contribution < -0.4 is 4.74 Å². The van der Waals surface area contributed by atoms with Crippen LogP contribution in [0.25, 0.3) is 16.8 Å². The van der Waals surface area contributed by atoms with Crippen LogP contribution >= 0.6 is 0 Å². The van der Waals surface area contributed by atoms with Gasteiger partial charge in [0, 0.05) is 40.2 Å². The molecule has 4 rings (SSSR count). The Kier molecular flexibility index (Phi) is 5.58. The van der Waals surface area contributed by atoms with Crippen LogP contribution in [0, 0.1) is 18.6 Å². The Morgan fingerprint density at radius 3 is 2.55 bits per heavy atom. The fourth-order valence-electron chi connectivity index (χ4n) is 3.61. The van der Waals surface area contributed by atoms with Crippen molar-refractivity contribution in [2.75, 3.05) is 7.11 Å². The molecule has 1 aromatic carbocycles. The van der Waals surface area contributed by atoms with E-state index in [9.17, 15) is 17.6 Å². The molecule has 0 aliphatic carbocycles. The Balaban J connectivity index is 1.72. The van der Waals surface area contributed by atoms with E-state index in [1.165, 1.54) is 13.4 Å². The highest BCUT2D eigenvalue weighted by Gasteiger charge is 2.20. The Morgan fingerprint density at radius 1 is 1.03 bits per heavy atom. The molecule has 0 aliphatic heterocycles. The maximum Gasteiger partial charge on any atom is 0.280 e. The van der Waals surface area contributed by atoms with E-state index in [0.717, 1.165) is 17.8 Å². The Labute approximate surface area is 175 Å². The zero-order valence-corrected chi connectivity index (χ0v) is 16.7. The van der Waals surface area contributed by atoms with Crippen LogP contribution in [0.4, 0.5) is 17.6 Å². The van der Waals surface area contributed by atoms with Gasteiger partial charge in [-0.1, -0.05) is 6.07 Å². The van der Waals surface area contributed by atoms with Crippen molar-refractivity contribution < 1.29 is 22.3 Å². The number of pyridine rings is 2. The minimum atomic E-state index is -2.74. The number of aromatic nitrogens is 4. The van der Waals surface area contributed by atoms with Gasteiger partial charge in [0.05, 0.1) is 7.11 Å². The predicted octanol–water partition coefficient (Wildman–Crippen LogP) is 5.11. The molecule has 0 amide bonds. The van der Waals surface area contributed by atoms with E-state index in [4.69, 9.17) is 4.74 Å². The van der Waals surface area contributed by atoms with E-state index >= 15 is 0 Å². The largest absolute Gasteiger partial charge is 0.496 e. The second-order valence-corrected chi connectivity index (χ2v) is 7.02. The molecule has 0 saturated heterocycles. The monoisotopic (exact) mass is 430 g/mol. The third-order valence-electron chi connectivity index (χ3n) is 5.07. The topological polar surface area (TPSA) is 52.3 Å². The van der Waals surface area contributed by atoms with Gasteiger partial charge in [-0.2, -0.15) is 0 Å². The van der Waals surface area contributed by atoms with Crippen molar-refractivity contribution in [1.29, 1.82) is 0 Å². The van der Waals surface area contributed by atoms with Crippen LogP contribution in [0.3, 0.4) is 0 Å². The minimum Gasteiger partial charge on any atom is -0.496 e. The van der Waals surface area contributed by atoms with E-state index in [-0.39, 0.29) is 29.0 Å². The highest BCUT2D eigenvalue weighted by atomic mass is 19.3. The highest BCUT2D eigenvalue weighted by molar-refractivity contribution is 5.79. The summed E-state index contributed by atoms with van der Waals surface area (Å²) in [5.41, 5.74) is 2.27. The molecule has 0 N–H and O–H groups in total. The number of aryl methyl sites for hydroxylation is 2. The van der Waals surface area contributed by atoms with Gasteiger partial charge in [-0.15, -0.1) is 10.2 Å². The van der Waals surface area contributed by atoms with E-state index in [1.807, 2.05) is 0 Å². The molecular formula is C22H18F4N4O. The van der Waals surface area contributed by atoms with E-state index in [1.54, 1.807) is 35.6 Å². The molecule has 5 nitrogen and oxygen atoms in total. The molecule has 0 atom stereocenters. The summed E-state index contributed by atoms with van der Waals surface area (Å²) in [7, 11) is 1.35. The molecule has 0 spiro atoms. The summed E-state index contributed by atoms with van der Waals surface area (Å²) in [6, 6.07) is 8.61. The lowest BCUT2D eigenvalue weighted by atomic mass is 10.0. The predicted molar refractivity (Wildman–Crippen MR) is 106 cm³/mol. The number of nitrogens with zero attached hydrogens (tertiary/aromatic N) is 4. The number of rotatable bonds is 6. The number of benzene rings is 1. The normalized spacial score (nSPS) is 11.5. The third kappa shape index (κ3) is 3.95. The molecule has 0 fully saturated rings. The van der Waals surface area contributed by atoms with E-state index < -0.39 is 18.1 Å². The average molecular weight is 430 g/mol. The van der Waals surface area contributed by atoms with Gasteiger partial charge in [-0.25, -0.2) is 17.6 Å². The van der Waals surface area contributed by atoms with Crippen molar-refractivity contribution in [2.24, 2.45) is 0 Å². The van der Waals surface area contributed by atoms with E-state index in [2.05, 4.69) is 15.2 Å². The first-order valence-corrected chi connectivity index (χ1v) is 9.48. The first kappa shape index (κ1) is 20.8. The fourth-order valence-corrected chi connectivity index (χ4v) is 3.61. The Bertz CT molecular complexity index is 1260. The van der Waals surface area contributed by atoms with Gasteiger partial charge in [-0.3, -0.25) is 9.38 Å². The highest BCUT2D eigenvalue weighted by Crippen LogP contribution is 2.33. The molecule has 0 radical (unpaired) electrons. The molecule has 4 aromatic rings. The van der Waals surface area contributed by atoms with Crippen molar-refractivity contribution in [3.8, 4) is 16.9 Å². The summed E-state index contributed by atoms with van der Waals surface area (Å²) < 4.78 is 61.6. The van der Waals surface area contributed by atoms with Crippen molar-refractivity contribution in [1.82, 2.24) is 19.6 Å². The molecule has 0 unspecified atom stereocenters. The average Bonchev–Trinajstić information content (AvgIpc) is 3.23. The molecule has 3 heterocycles. The fraction of sp³-hybridized carbons (Fsp3) is 0.227. The number of alkyl halides is 2. The van der Waals surface area contributed by atoms with Crippen LogP contribution in [0.5, 0.6) is 5.75 Å². The molecule has 0 saturated carbocycles. The summed E-state index contributed by atoms with van der Waals surface area (Å²) in [6.07, 6.45) is -0.681. The third-order valence-corrected chi connectivity index (χ3v) is 5.07. The lowest BCUT2D eigenvalue weighted by molar-refractivity contribution is 0.146. The first-order valence-electron chi connectivity index (χ1n) is 9.48. The number of ether oxygens (including phenoxy) is 1. The number of halogens is 4.